The summed E-state index contributed by atoms with van der Waals surface area (Å²) in [6, 6.07) is 10.2. The fourth-order valence-electron chi connectivity index (χ4n) is 5.32. The molecule has 3 aromatic heterocycles. The van der Waals surface area contributed by atoms with Crippen LogP contribution in [0.15, 0.2) is 61.2 Å². The summed E-state index contributed by atoms with van der Waals surface area (Å²) in [6.07, 6.45) is 1.43. The van der Waals surface area contributed by atoms with Gasteiger partial charge in [-0.2, -0.15) is 13.2 Å². The van der Waals surface area contributed by atoms with Crippen LogP contribution in [0.2, 0.25) is 0 Å². The summed E-state index contributed by atoms with van der Waals surface area (Å²) in [4.78, 5) is 36.6. The van der Waals surface area contributed by atoms with Gasteiger partial charge in [-0.05, 0) is 80.6 Å². The van der Waals surface area contributed by atoms with Gasteiger partial charge in [-0.25, -0.2) is 14.5 Å². The first-order chi connectivity index (χ1) is 23.4. The third-order valence-corrected chi connectivity index (χ3v) is 8.04. The average Bonchev–Trinajstić information content (AvgIpc) is 3.69. The number of amides is 2. The highest BCUT2D eigenvalue weighted by Crippen LogP contribution is 2.33. The minimum Gasteiger partial charge on any atom is -0.494 e. The van der Waals surface area contributed by atoms with Crippen LogP contribution in [-0.2, 0) is 11.0 Å². The van der Waals surface area contributed by atoms with Crippen molar-refractivity contribution in [1.82, 2.24) is 29.5 Å². The Labute approximate surface area is 280 Å². The Bertz CT molecular complexity index is 2110. The van der Waals surface area contributed by atoms with E-state index in [-0.39, 0.29) is 29.5 Å². The molecule has 1 aliphatic heterocycles. The molecular weight excluding hydrogens is 637 g/mol. The van der Waals surface area contributed by atoms with Gasteiger partial charge in [-0.1, -0.05) is 5.92 Å². The van der Waals surface area contributed by atoms with Crippen molar-refractivity contribution in [3.63, 3.8) is 0 Å². The number of hydrogen-bond donors (Lipinski definition) is 2. The zero-order chi connectivity index (χ0) is 34.7. The number of nitrogens with zero attached hydrogens (tertiary/aromatic N) is 6. The lowest BCUT2D eigenvalue weighted by atomic mass is 10.0. The van der Waals surface area contributed by atoms with Gasteiger partial charge in [0.2, 0.25) is 5.91 Å². The first kappa shape index (κ1) is 33.1. The number of likely N-dealkylation sites (N-methyl/N-ethyl adjacent to an activating group) is 1. The van der Waals surface area contributed by atoms with Gasteiger partial charge in [0.1, 0.15) is 17.3 Å². The highest BCUT2D eigenvalue weighted by molar-refractivity contribution is 6.06. The van der Waals surface area contributed by atoms with E-state index in [1.54, 1.807) is 36.8 Å². The Morgan fingerprint density at radius 2 is 1.90 bits per heavy atom. The van der Waals surface area contributed by atoms with Crippen LogP contribution in [-0.4, -0.2) is 62.7 Å². The van der Waals surface area contributed by atoms with E-state index in [0.717, 1.165) is 12.1 Å². The summed E-state index contributed by atoms with van der Waals surface area (Å²) in [7, 11) is 1.88. The summed E-state index contributed by atoms with van der Waals surface area (Å²) >= 11 is 0. The first-order valence-electron chi connectivity index (χ1n) is 15.6. The Hall–Kier alpha value is -5.84. The van der Waals surface area contributed by atoms with Crippen LogP contribution in [0, 0.1) is 25.7 Å². The monoisotopic (exact) mass is 670 g/mol. The van der Waals surface area contributed by atoms with Crippen molar-refractivity contribution in [3.8, 4) is 23.3 Å². The van der Waals surface area contributed by atoms with Gasteiger partial charge in [0.05, 0.1) is 30.4 Å². The average molecular weight is 671 g/mol. The second-order valence-electron chi connectivity index (χ2n) is 11.7. The third kappa shape index (κ3) is 7.67. The topological polar surface area (TPSA) is 119 Å². The van der Waals surface area contributed by atoms with E-state index in [2.05, 4.69) is 37.5 Å². The van der Waals surface area contributed by atoms with Gasteiger partial charge in [0.25, 0.3) is 5.91 Å². The largest absolute Gasteiger partial charge is 0.494 e. The fourth-order valence-corrected chi connectivity index (χ4v) is 5.32. The number of ether oxygens (including phenoxy) is 1. The lowest BCUT2D eigenvalue weighted by molar-refractivity contribution is -0.137. The molecule has 4 heterocycles. The molecular formula is C35H33F3N8O3. The molecule has 0 unspecified atom stereocenters. The summed E-state index contributed by atoms with van der Waals surface area (Å²) in [5, 5.41) is 10.3. The number of rotatable bonds is 3. The SMILES string of the molecule is Cc1cn(-c2cc(NC(=O)c3cc4cc(c3C)C#Cc3cnc5ccc(nn35)N(C)CCNC(=O)CCCCO4)cc(C(F)(F)F)c2)cn1. The molecule has 49 heavy (non-hydrogen) atoms. The molecule has 2 amide bonds. The summed E-state index contributed by atoms with van der Waals surface area (Å²) in [5.41, 5.74) is 2.07. The van der Waals surface area contributed by atoms with Crippen molar-refractivity contribution in [2.45, 2.75) is 39.3 Å². The molecule has 6 rings (SSSR count). The Balaban J connectivity index is 1.38. The van der Waals surface area contributed by atoms with Gasteiger partial charge < -0.3 is 24.8 Å². The van der Waals surface area contributed by atoms with Gasteiger partial charge in [-0.15, -0.1) is 5.10 Å². The third-order valence-electron chi connectivity index (χ3n) is 8.04. The molecule has 11 nitrogen and oxygen atoms in total. The van der Waals surface area contributed by atoms with E-state index in [9.17, 15) is 22.8 Å². The predicted molar refractivity (Wildman–Crippen MR) is 177 cm³/mol. The van der Waals surface area contributed by atoms with Crippen LogP contribution < -0.4 is 20.3 Å². The molecule has 0 fully saturated rings. The quantitative estimate of drug-likeness (QED) is 0.250. The number of hydrogen-bond acceptors (Lipinski definition) is 7. The summed E-state index contributed by atoms with van der Waals surface area (Å²) in [6.45, 7) is 4.70. The van der Waals surface area contributed by atoms with Crippen molar-refractivity contribution >= 4 is 29.0 Å². The smallest absolute Gasteiger partial charge is 0.416 e. The Morgan fingerprint density at radius 3 is 2.67 bits per heavy atom. The van der Waals surface area contributed by atoms with E-state index in [1.807, 2.05) is 24.1 Å². The number of fused-ring (bicyclic) bond motifs is 3. The Morgan fingerprint density at radius 1 is 1.06 bits per heavy atom. The number of imidazole rings is 2. The molecule has 5 aromatic rings. The molecule has 14 heteroatoms. The highest BCUT2D eigenvalue weighted by atomic mass is 19.4. The van der Waals surface area contributed by atoms with E-state index in [0.29, 0.717) is 72.1 Å². The highest BCUT2D eigenvalue weighted by Gasteiger charge is 2.32. The van der Waals surface area contributed by atoms with Gasteiger partial charge in [0.15, 0.2) is 5.65 Å². The van der Waals surface area contributed by atoms with Crippen LogP contribution in [0.4, 0.5) is 24.7 Å². The maximum Gasteiger partial charge on any atom is 0.416 e. The van der Waals surface area contributed by atoms with Crippen molar-refractivity contribution in [1.29, 1.82) is 0 Å². The summed E-state index contributed by atoms with van der Waals surface area (Å²) < 4.78 is 50.8. The number of anilines is 2. The van der Waals surface area contributed by atoms with E-state index < -0.39 is 17.6 Å². The van der Waals surface area contributed by atoms with E-state index >= 15 is 0 Å². The van der Waals surface area contributed by atoms with Gasteiger partial charge in [0, 0.05) is 55.3 Å². The zero-order valence-corrected chi connectivity index (χ0v) is 27.1. The molecule has 0 saturated carbocycles. The second-order valence-corrected chi connectivity index (χ2v) is 11.7. The standard InChI is InChI=1S/C35H33F3N8O3/c1-22-20-45(21-41-22)28-16-25(35(36,37)38)15-26(17-28)42-34(48)30-18-29-14-24(23(30)2)7-8-27-19-40-31-9-10-32(43-46(27)31)44(3)12-11-39-33(47)6-4-5-13-49-29/h9-10,14-21H,4-6,11-13H2,1-3H3,(H,39,47)(H,42,48). The van der Waals surface area contributed by atoms with Gasteiger partial charge >= 0.3 is 6.18 Å². The van der Waals surface area contributed by atoms with Crippen LogP contribution in [0.25, 0.3) is 11.3 Å². The van der Waals surface area contributed by atoms with Crippen LogP contribution in [0.1, 0.15) is 57.7 Å². The summed E-state index contributed by atoms with van der Waals surface area (Å²) in [5.74, 6) is 6.52. The van der Waals surface area contributed by atoms with E-state index in [1.165, 1.54) is 23.0 Å². The number of aromatic nitrogens is 5. The van der Waals surface area contributed by atoms with Gasteiger partial charge in [-0.3, -0.25) is 9.59 Å². The van der Waals surface area contributed by atoms with Crippen LogP contribution in [0.3, 0.4) is 0 Å². The van der Waals surface area contributed by atoms with Crippen LogP contribution >= 0.6 is 0 Å². The molecule has 0 spiro atoms. The maximum absolute atomic E-state index is 13.9. The number of carbonyl (C=O) groups is 2. The predicted octanol–water partition coefficient (Wildman–Crippen LogP) is 5.32. The van der Waals surface area contributed by atoms with Crippen molar-refractivity contribution in [2.75, 3.05) is 37.0 Å². The molecule has 1 aliphatic rings. The molecule has 0 atom stereocenters. The second kappa shape index (κ2) is 13.7. The fraction of sp³-hybridized carbons (Fsp3) is 0.286. The molecule has 0 saturated heterocycles. The number of alkyl halides is 3. The molecule has 4 bridgehead atoms. The minimum atomic E-state index is -4.65. The number of nitrogens with one attached hydrogen (secondary N) is 2. The number of benzene rings is 2. The molecule has 2 N–H and O–H groups in total. The lowest BCUT2D eigenvalue weighted by Crippen LogP contribution is -2.33. The number of aryl methyl sites for hydroxylation is 1. The Kier molecular flexibility index (Phi) is 9.26. The normalized spacial score (nSPS) is 14.2. The molecule has 2 aromatic carbocycles. The van der Waals surface area contributed by atoms with Crippen molar-refractivity contribution in [3.05, 3.63) is 94.8 Å². The number of carbonyl (C=O) groups excluding carboxylic acids is 2. The van der Waals surface area contributed by atoms with Crippen LogP contribution in [0.5, 0.6) is 5.75 Å². The lowest BCUT2D eigenvalue weighted by Gasteiger charge is -2.18. The van der Waals surface area contributed by atoms with Crippen molar-refractivity contribution < 1.29 is 27.5 Å². The maximum atomic E-state index is 13.9. The molecule has 0 radical (unpaired) electrons. The zero-order valence-electron chi connectivity index (χ0n) is 27.1. The number of halogens is 3. The molecule has 252 valence electrons. The van der Waals surface area contributed by atoms with E-state index in [4.69, 9.17) is 4.74 Å². The van der Waals surface area contributed by atoms with Crippen molar-refractivity contribution in [2.24, 2.45) is 0 Å². The minimum absolute atomic E-state index is 0.0484. The molecule has 0 aliphatic carbocycles. The first-order valence-corrected chi connectivity index (χ1v) is 15.6.